The summed E-state index contributed by atoms with van der Waals surface area (Å²) in [6.45, 7) is 0. The lowest BCUT2D eigenvalue weighted by molar-refractivity contribution is 0.602. The van der Waals surface area contributed by atoms with Crippen LogP contribution in [0.2, 0.25) is 0 Å². The molecule has 3 heterocycles. The van der Waals surface area contributed by atoms with Gasteiger partial charge in [0.1, 0.15) is 10.1 Å². The van der Waals surface area contributed by atoms with Crippen LogP contribution >= 0.6 is 15.9 Å². The van der Waals surface area contributed by atoms with Gasteiger partial charge in [-0.3, -0.25) is 0 Å². The summed E-state index contributed by atoms with van der Waals surface area (Å²) in [5, 5.41) is 4.54. The van der Waals surface area contributed by atoms with Gasteiger partial charge in [-0.2, -0.15) is 5.10 Å². The molecule has 0 aliphatic heterocycles. The number of oxazole rings is 1. The Balaban J connectivity index is 1.94. The molecular formula is C13H7BrN4O. The Hall–Kier alpha value is -2.21. The lowest BCUT2D eigenvalue weighted by Crippen LogP contribution is -1.94. The Labute approximate surface area is 116 Å². The first-order valence-corrected chi connectivity index (χ1v) is 6.44. The van der Waals surface area contributed by atoms with Crippen molar-refractivity contribution >= 4 is 32.7 Å². The average Bonchev–Trinajstić information content (AvgIpc) is 3.05. The van der Waals surface area contributed by atoms with E-state index in [2.05, 4.69) is 31.0 Å². The van der Waals surface area contributed by atoms with Crippen LogP contribution in [0.25, 0.3) is 28.0 Å². The summed E-state index contributed by atoms with van der Waals surface area (Å²) in [6.07, 6.45) is 3.17. The number of hydrogen-bond acceptors (Lipinski definition) is 4. The predicted octanol–water partition coefficient (Wildman–Crippen LogP) is 3.30. The number of nitrogens with zero attached hydrogens (tertiary/aromatic N) is 4. The first kappa shape index (κ1) is 10.7. The summed E-state index contributed by atoms with van der Waals surface area (Å²) in [6, 6.07) is 9.69. The highest BCUT2D eigenvalue weighted by atomic mass is 79.9. The number of aromatic nitrogens is 4. The van der Waals surface area contributed by atoms with Crippen molar-refractivity contribution in [3.8, 4) is 11.3 Å². The van der Waals surface area contributed by atoms with Crippen LogP contribution in [0.3, 0.4) is 0 Å². The minimum atomic E-state index is 0.754. The van der Waals surface area contributed by atoms with E-state index in [4.69, 9.17) is 4.42 Å². The molecule has 0 aliphatic rings. The highest BCUT2D eigenvalue weighted by molar-refractivity contribution is 9.10. The van der Waals surface area contributed by atoms with E-state index in [9.17, 15) is 0 Å². The second-order valence-corrected chi connectivity index (χ2v) is 4.92. The number of fused-ring (bicyclic) bond motifs is 2. The maximum absolute atomic E-state index is 5.31. The first-order chi connectivity index (χ1) is 9.31. The molecule has 0 spiro atoms. The molecule has 0 N–H and O–H groups in total. The second kappa shape index (κ2) is 3.89. The minimum absolute atomic E-state index is 0.754. The SMILES string of the molecule is Brc1cnc2ccc(-c3ccc4ncoc4c3)nn12. The molecule has 0 atom stereocenters. The maximum Gasteiger partial charge on any atom is 0.181 e. The van der Waals surface area contributed by atoms with E-state index in [1.54, 1.807) is 10.7 Å². The number of hydrogen-bond donors (Lipinski definition) is 0. The monoisotopic (exact) mass is 314 g/mol. The summed E-state index contributed by atoms with van der Waals surface area (Å²) in [7, 11) is 0. The third kappa shape index (κ3) is 1.64. The Kier molecular flexibility index (Phi) is 2.19. The lowest BCUT2D eigenvalue weighted by Gasteiger charge is -2.02. The van der Waals surface area contributed by atoms with Crippen molar-refractivity contribution in [3.05, 3.63) is 47.5 Å². The van der Waals surface area contributed by atoms with Gasteiger partial charge in [0.2, 0.25) is 0 Å². The van der Waals surface area contributed by atoms with Crippen molar-refractivity contribution in [1.82, 2.24) is 19.6 Å². The molecule has 4 aromatic rings. The van der Waals surface area contributed by atoms with Crippen molar-refractivity contribution in [2.24, 2.45) is 0 Å². The maximum atomic E-state index is 5.31. The van der Waals surface area contributed by atoms with Gasteiger partial charge in [-0.25, -0.2) is 14.5 Å². The Bertz CT molecular complexity index is 896. The van der Waals surface area contributed by atoms with E-state index in [0.717, 1.165) is 32.6 Å². The summed E-state index contributed by atoms with van der Waals surface area (Å²) in [5.41, 5.74) is 4.23. The van der Waals surface area contributed by atoms with Crippen LogP contribution < -0.4 is 0 Å². The van der Waals surface area contributed by atoms with Gasteiger partial charge >= 0.3 is 0 Å². The normalized spacial score (nSPS) is 11.4. The topological polar surface area (TPSA) is 56.2 Å². The van der Waals surface area contributed by atoms with Crippen LogP contribution in [0.4, 0.5) is 0 Å². The molecule has 0 fully saturated rings. The smallest absolute Gasteiger partial charge is 0.181 e. The fourth-order valence-corrected chi connectivity index (χ4v) is 2.38. The summed E-state index contributed by atoms with van der Waals surface area (Å²) < 4.78 is 7.88. The summed E-state index contributed by atoms with van der Waals surface area (Å²) >= 11 is 3.42. The lowest BCUT2D eigenvalue weighted by atomic mass is 10.1. The van der Waals surface area contributed by atoms with Gasteiger partial charge in [0.25, 0.3) is 0 Å². The molecule has 19 heavy (non-hydrogen) atoms. The van der Waals surface area contributed by atoms with E-state index in [-0.39, 0.29) is 0 Å². The largest absolute Gasteiger partial charge is 0.443 e. The quantitative estimate of drug-likeness (QED) is 0.541. The van der Waals surface area contributed by atoms with E-state index < -0.39 is 0 Å². The molecule has 0 radical (unpaired) electrons. The van der Waals surface area contributed by atoms with Gasteiger partial charge in [-0.15, -0.1) is 0 Å². The number of rotatable bonds is 1. The fourth-order valence-electron chi connectivity index (χ4n) is 2.01. The van der Waals surface area contributed by atoms with E-state index in [1.807, 2.05) is 30.3 Å². The fraction of sp³-hybridized carbons (Fsp3) is 0. The molecule has 5 nitrogen and oxygen atoms in total. The van der Waals surface area contributed by atoms with Crippen molar-refractivity contribution in [2.75, 3.05) is 0 Å². The van der Waals surface area contributed by atoms with Gasteiger partial charge in [-0.05, 0) is 40.2 Å². The van der Waals surface area contributed by atoms with Gasteiger partial charge < -0.3 is 4.42 Å². The van der Waals surface area contributed by atoms with Crippen LogP contribution in [0.5, 0.6) is 0 Å². The molecule has 0 saturated heterocycles. The van der Waals surface area contributed by atoms with Crippen LogP contribution in [-0.2, 0) is 0 Å². The molecular weight excluding hydrogens is 308 g/mol. The molecule has 0 saturated carbocycles. The Morgan fingerprint density at radius 2 is 2.05 bits per heavy atom. The highest BCUT2D eigenvalue weighted by Gasteiger charge is 2.07. The molecule has 0 aliphatic carbocycles. The predicted molar refractivity (Wildman–Crippen MR) is 73.7 cm³/mol. The van der Waals surface area contributed by atoms with Crippen LogP contribution in [0.15, 0.2) is 51.9 Å². The second-order valence-electron chi connectivity index (χ2n) is 4.10. The van der Waals surface area contributed by atoms with Crippen molar-refractivity contribution in [1.29, 1.82) is 0 Å². The standard InChI is InChI=1S/C13H7BrN4O/c14-12-6-15-13-4-3-9(17-18(12)13)8-1-2-10-11(5-8)19-7-16-10/h1-7H. The van der Waals surface area contributed by atoms with Crippen LogP contribution in [0, 0.1) is 0 Å². The van der Waals surface area contributed by atoms with Crippen molar-refractivity contribution in [3.63, 3.8) is 0 Å². The zero-order valence-corrected chi connectivity index (χ0v) is 11.2. The number of halogens is 1. The third-order valence-corrected chi connectivity index (χ3v) is 3.49. The molecule has 0 bridgehead atoms. The Morgan fingerprint density at radius 1 is 1.11 bits per heavy atom. The third-order valence-electron chi connectivity index (χ3n) is 2.95. The molecule has 4 rings (SSSR count). The average molecular weight is 315 g/mol. The highest BCUT2D eigenvalue weighted by Crippen LogP contribution is 2.23. The van der Waals surface area contributed by atoms with E-state index in [0.29, 0.717) is 0 Å². The van der Waals surface area contributed by atoms with Crippen molar-refractivity contribution < 1.29 is 4.42 Å². The molecule has 1 aromatic carbocycles. The van der Waals surface area contributed by atoms with Gasteiger partial charge in [-0.1, -0.05) is 6.07 Å². The zero-order chi connectivity index (χ0) is 12.8. The molecule has 0 unspecified atom stereocenters. The van der Waals surface area contributed by atoms with Gasteiger partial charge in [0.15, 0.2) is 17.6 Å². The number of benzene rings is 1. The Morgan fingerprint density at radius 3 is 3.00 bits per heavy atom. The van der Waals surface area contributed by atoms with E-state index in [1.165, 1.54) is 6.39 Å². The van der Waals surface area contributed by atoms with Crippen LogP contribution in [-0.4, -0.2) is 19.6 Å². The molecule has 0 amide bonds. The van der Waals surface area contributed by atoms with Crippen LogP contribution in [0.1, 0.15) is 0 Å². The van der Waals surface area contributed by atoms with Crippen molar-refractivity contribution in [2.45, 2.75) is 0 Å². The molecule has 92 valence electrons. The summed E-state index contributed by atoms with van der Waals surface area (Å²) in [5.74, 6) is 0. The van der Waals surface area contributed by atoms with E-state index >= 15 is 0 Å². The molecule has 6 heteroatoms. The molecule has 3 aromatic heterocycles. The number of imidazole rings is 1. The minimum Gasteiger partial charge on any atom is -0.443 e. The summed E-state index contributed by atoms with van der Waals surface area (Å²) in [4.78, 5) is 8.32. The zero-order valence-electron chi connectivity index (χ0n) is 9.62. The van der Waals surface area contributed by atoms with Gasteiger partial charge in [0, 0.05) is 5.56 Å². The first-order valence-electron chi connectivity index (χ1n) is 5.65. The van der Waals surface area contributed by atoms with Gasteiger partial charge in [0.05, 0.1) is 11.9 Å².